The quantitative estimate of drug-likeness (QED) is 0.365. The first-order chi connectivity index (χ1) is 16.0. The molecule has 2 aromatic carbocycles. The number of hydrogen-bond donors (Lipinski definition) is 1. The van der Waals surface area contributed by atoms with Crippen molar-refractivity contribution in [3.05, 3.63) is 106 Å². The van der Waals surface area contributed by atoms with E-state index in [4.69, 9.17) is 4.74 Å². The van der Waals surface area contributed by atoms with Crippen LogP contribution in [0, 0.1) is 24.1 Å². The molecule has 0 fully saturated rings. The maximum absolute atomic E-state index is 14.2. The Morgan fingerprint density at radius 2 is 1.85 bits per heavy atom. The highest BCUT2D eigenvalue weighted by molar-refractivity contribution is 6.09. The molecule has 0 spiro atoms. The fourth-order valence-electron chi connectivity index (χ4n) is 3.04. The summed E-state index contributed by atoms with van der Waals surface area (Å²) in [6, 6.07) is 19.4. The Bertz CT molecular complexity index is 1480. The van der Waals surface area contributed by atoms with E-state index in [2.05, 4.69) is 10.3 Å². The molecule has 162 valence electrons. The average Bonchev–Trinajstić information content (AvgIpc) is 2.82. The highest BCUT2D eigenvalue weighted by atomic mass is 19.1. The molecular formula is C25H17FN4O3. The number of ether oxygens (including phenoxy) is 1. The van der Waals surface area contributed by atoms with Gasteiger partial charge in [-0.3, -0.25) is 14.0 Å². The lowest BCUT2D eigenvalue weighted by Crippen LogP contribution is -2.20. The van der Waals surface area contributed by atoms with Crippen molar-refractivity contribution in [2.24, 2.45) is 0 Å². The van der Waals surface area contributed by atoms with E-state index in [0.29, 0.717) is 5.69 Å². The second-order valence-electron chi connectivity index (χ2n) is 7.09. The van der Waals surface area contributed by atoms with Crippen LogP contribution in [0.2, 0.25) is 0 Å². The standard InChI is InChI=1S/C25H17FN4O3/c1-16-9-11-18(12-10-16)28-23(31)17(15-27)14-19-24(33-21-7-3-2-6-20(21)26)29-22-8-4-5-13-30(22)25(19)32/h2-14H,1H3,(H,28,31)/b17-14+. The van der Waals surface area contributed by atoms with Crippen LogP contribution in [0.4, 0.5) is 10.1 Å². The molecule has 0 aliphatic heterocycles. The maximum Gasteiger partial charge on any atom is 0.269 e. The third-order valence-electron chi connectivity index (χ3n) is 4.74. The summed E-state index contributed by atoms with van der Waals surface area (Å²) < 4.78 is 21.0. The van der Waals surface area contributed by atoms with Crippen molar-refractivity contribution in [3.8, 4) is 17.7 Å². The van der Waals surface area contributed by atoms with E-state index in [9.17, 15) is 19.2 Å². The van der Waals surface area contributed by atoms with Crippen LogP contribution in [0.5, 0.6) is 11.6 Å². The monoisotopic (exact) mass is 440 g/mol. The van der Waals surface area contributed by atoms with Crippen LogP contribution in [0.15, 0.2) is 83.3 Å². The van der Waals surface area contributed by atoms with Crippen LogP contribution >= 0.6 is 0 Å². The fraction of sp³-hybridized carbons (Fsp3) is 0.0400. The van der Waals surface area contributed by atoms with Crippen molar-refractivity contribution >= 4 is 23.3 Å². The van der Waals surface area contributed by atoms with E-state index in [1.807, 2.05) is 19.1 Å². The van der Waals surface area contributed by atoms with Gasteiger partial charge in [0, 0.05) is 11.9 Å². The van der Waals surface area contributed by atoms with Crippen molar-refractivity contribution < 1.29 is 13.9 Å². The first-order valence-corrected chi connectivity index (χ1v) is 9.90. The Balaban J connectivity index is 1.81. The third-order valence-corrected chi connectivity index (χ3v) is 4.74. The predicted molar refractivity (Wildman–Crippen MR) is 121 cm³/mol. The summed E-state index contributed by atoms with van der Waals surface area (Å²) in [4.78, 5) is 30.2. The zero-order valence-corrected chi connectivity index (χ0v) is 17.4. The van der Waals surface area contributed by atoms with E-state index in [1.165, 1.54) is 28.8 Å². The first-order valence-electron chi connectivity index (χ1n) is 9.90. The van der Waals surface area contributed by atoms with E-state index < -0.39 is 17.3 Å². The molecule has 1 N–H and O–H groups in total. The number of amides is 1. The van der Waals surface area contributed by atoms with Gasteiger partial charge in [0.2, 0.25) is 5.88 Å². The summed E-state index contributed by atoms with van der Waals surface area (Å²) in [5.41, 5.74) is 0.662. The molecular weight excluding hydrogens is 423 g/mol. The number of nitrogens with one attached hydrogen (secondary N) is 1. The van der Waals surface area contributed by atoms with Crippen LogP contribution < -0.4 is 15.6 Å². The van der Waals surface area contributed by atoms with E-state index in [0.717, 1.165) is 11.6 Å². The van der Waals surface area contributed by atoms with Crippen molar-refractivity contribution in [3.63, 3.8) is 0 Å². The lowest BCUT2D eigenvalue weighted by Gasteiger charge is -2.11. The summed E-state index contributed by atoms with van der Waals surface area (Å²) in [6.07, 6.45) is 2.59. The predicted octanol–water partition coefficient (Wildman–Crippen LogP) is 4.48. The number of fused-ring (bicyclic) bond motifs is 1. The van der Waals surface area contributed by atoms with Gasteiger partial charge in [-0.05, 0) is 49.4 Å². The minimum absolute atomic E-state index is 0.151. The molecule has 0 atom stereocenters. The number of nitrogens with zero attached hydrogens (tertiary/aromatic N) is 3. The Morgan fingerprint density at radius 3 is 2.58 bits per heavy atom. The number of carbonyl (C=O) groups is 1. The number of hydrogen-bond acceptors (Lipinski definition) is 5. The highest BCUT2D eigenvalue weighted by Crippen LogP contribution is 2.26. The van der Waals surface area contributed by atoms with Crippen LogP contribution in [0.3, 0.4) is 0 Å². The van der Waals surface area contributed by atoms with Gasteiger partial charge in [-0.2, -0.15) is 10.2 Å². The normalized spacial score (nSPS) is 11.1. The molecule has 1 amide bonds. The number of para-hydroxylation sites is 1. The van der Waals surface area contributed by atoms with Gasteiger partial charge in [0.05, 0.1) is 0 Å². The number of nitriles is 1. The molecule has 2 heterocycles. The second-order valence-corrected chi connectivity index (χ2v) is 7.09. The van der Waals surface area contributed by atoms with E-state index in [1.54, 1.807) is 42.5 Å². The van der Waals surface area contributed by atoms with Gasteiger partial charge in [-0.1, -0.05) is 35.9 Å². The lowest BCUT2D eigenvalue weighted by atomic mass is 10.1. The van der Waals surface area contributed by atoms with Gasteiger partial charge in [-0.25, -0.2) is 4.39 Å². The number of benzene rings is 2. The zero-order valence-electron chi connectivity index (χ0n) is 17.4. The Hall–Kier alpha value is -4.77. The van der Waals surface area contributed by atoms with Crippen LogP contribution in [-0.4, -0.2) is 15.3 Å². The molecule has 0 aliphatic carbocycles. The van der Waals surface area contributed by atoms with Gasteiger partial charge in [0.1, 0.15) is 22.9 Å². The Labute approximate surface area is 188 Å². The highest BCUT2D eigenvalue weighted by Gasteiger charge is 2.18. The van der Waals surface area contributed by atoms with Crippen LogP contribution in [0.25, 0.3) is 11.7 Å². The Kier molecular flexibility index (Phi) is 5.96. The molecule has 4 aromatic rings. The van der Waals surface area contributed by atoms with Crippen LogP contribution in [-0.2, 0) is 4.79 Å². The molecule has 0 aliphatic rings. The number of aromatic nitrogens is 2. The Morgan fingerprint density at radius 1 is 1.12 bits per heavy atom. The zero-order chi connectivity index (χ0) is 23.4. The SMILES string of the molecule is Cc1ccc(NC(=O)/C(C#N)=C/c2c(Oc3ccccc3F)nc3ccccn3c2=O)cc1. The average molecular weight is 440 g/mol. The molecule has 8 heteroatoms. The number of carbonyl (C=O) groups excluding carboxylic acids is 1. The molecule has 33 heavy (non-hydrogen) atoms. The molecule has 0 unspecified atom stereocenters. The number of halogens is 1. The summed E-state index contributed by atoms with van der Waals surface area (Å²) in [5.74, 6) is -1.75. The number of aryl methyl sites for hydroxylation is 1. The second kappa shape index (κ2) is 9.16. The molecule has 2 aromatic heterocycles. The minimum atomic E-state index is -0.712. The van der Waals surface area contributed by atoms with Gasteiger partial charge in [0.25, 0.3) is 11.5 Å². The smallest absolute Gasteiger partial charge is 0.269 e. The van der Waals surface area contributed by atoms with Crippen LogP contribution in [0.1, 0.15) is 11.1 Å². The van der Waals surface area contributed by atoms with Gasteiger partial charge in [0.15, 0.2) is 11.6 Å². The van der Waals surface area contributed by atoms with Crippen molar-refractivity contribution in [1.29, 1.82) is 5.26 Å². The summed E-state index contributed by atoms with van der Waals surface area (Å²) >= 11 is 0. The minimum Gasteiger partial charge on any atom is -0.435 e. The maximum atomic E-state index is 14.2. The lowest BCUT2D eigenvalue weighted by molar-refractivity contribution is -0.112. The first kappa shape index (κ1) is 21.5. The molecule has 4 rings (SSSR count). The number of anilines is 1. The summed E-state index contributed by atoms with van der Waals surface area (Å²) in [7, 11) is 0. The van der Waals surface area contributed by atoms with Crippen molar-refractivity contribution in [1.82, 2.24) is 9.38 Å². The molecule has 7 nitrogen and oxygen atoms in total. The number of rotatable bonds is 5. The van der Waals surface area contributed by atoms with E-state index in [-0.39, 0.29) is 28.4 Å². The molecule has 0 saturated heterocycles. The molecule has 0 bridgehead atoms. The van der Waals surface area contributed by atoms with Crippen molar-refractivity contribution in [2.45, 2.75) is 6.92 Å². The topological polar surface area (TPSA) is 96.5 Å². The summed E-state index contributed by atoms with van der Waals surface area (Å²) in [6.45, 7) is 1.91. The van der Waals surface area contributed by atoms with Crippen molar-refractivity contribution in [2.75, 3.05) is 5.32 Å². The van der Waals surface area contributed by atoms with Gasteiger partial charge >= 0.3 is 0 Å². The molecule has 0 saturated carbocycles. The van der Waals surface area contributed by atoms with E-state index >= 15 is 0 Å². The number of pyridine rings is 1. The summed E-state index contributed by atoms with van der Waals surface area (Å²) in [5, 5.41) is 12.2. The fourth-order valence-corrected chi connectivity index (χ4v) is 3.04. The molecule has 0 radical (unpaired) electrons. The van der Waals surface area contributed by atoms with Gasteiger partial charge in [-0.15, -0.1) is 0 Å². The largest absolute Gasteiger partial charge is 0.435 e. The van der Waals surface area contributed by atoms with Gasteiger partial charge < -0.3 is 10.1 Å². The third kappa shape index (κ3) is 4.62.